The Kier molecular flexibility index (Phi) is 4.44. The highest BCUT2D eigenvalue weighted by Gasteiger charge is 2.13. The van der Waals surface area contributed by atoms with Crippen LogP contribution in [0.25, 0.3) is 0 Å². The van der Waals surface area contributed by atoms with Crippen molar-refractivity contribution in [2.45, 2.75) is 13.1 Å². The molecular weight excluding hydrogens is 296 g/mol. The molecule has 0 aliphatic rings. The third kappa shape index (κ3) is 3.61. The zero-order valence-electron chi connectivity index (χ0n) is 12.3. The van der Waals surface area contributed by atoms with E-state index in [0.29, 0.717) is 18.8 Å². The zero-order chi connectivity index (χ0) is 16.1. The van der Waals surface area contributed by atoms with Gasteiger partial charge in [-0.1, -0.05) is 0 Å². The van der Waals surface area contributed by atoms with Gasteiger partial charge in [0.05, 0.1) is 13.2 Å². The molecule has 3 heterocycles. The van der Waals surface area contributed by atoms with Crippen LogP contribution in [0.15, 0.2) is 49.2 Å². The lowest BCUT2D eigenvalue weighted by Crippen LogP contribution is -2.18. The number of hydrogen-bond donors (Lipinski definition) is 2. The van der Waals surface area contributed by atoms with Crippen LogP contribution in [0, 0.1) is 0 Å². The topological polar surface area (TPSA) is 97.9 Å². The monoisotopic (exact) mass is 312 g/mol. The molecule has 0 aliphatic heterocycles. The van der Waals surface area contributed by atoms with Crippen LogP contribution in [0.1, 0.15) is 16.1 Å². The number of nitrogens with zero attached hydrogens (tertiary/aromatic N) is 5. The molecule has 1 amide bonds. The minimum atomic E-state index is -0.286. The normalized spacial score (nSPS) is 10.7. The van der Waals surface area contributed by atoms with Gasteiger partial charge in [-0.15, -0.1) is 5.10 Å². The summed E-state index contributed by atoms with van der Waals surface area (Å²) in [5.74, 6) is -0.0779. The molecule has 3 aromatic heterocycles. The fraction of sp³-hybridized carbons (Fsp3) is 0.200. The van der Waals surface area contributed by atoms with Crippen LogP contribution >= 0.6 is 0 Å². The van der Waals surface area contributed by atoms with Gasteiger partial charge in [0.1, 0.15) is 12.0 Å². The Morgan fingerprint density at radius 2 is 2.09 bits per heavy atom. The summed E-state index contributed by atoms with van der Waals surface area (Å²) in [6.07, 6.45) is 6.74. The Hall–Kier alpha value is -3.00. The van der Waals surface area contributed by atoms with Crippen molar-refractivity contribution in [2.75, 3.05) is 11.9 Å². The number of pyridine rings is 1. The molecule has 2 N–H and O–H groups in total. The predicted octanol–water partition coefficient (Wildman–Crippen LogP) is 0.767. The van der Waals surface area contributed by atoms with Crippen LogP contribution in [0.4, 0.5) is 5.95 Å². The standard InChI is InChI=1S/C15H16N6O2/c22-9-8-21-11-17-15(19-21)18-14(23)13-2-1-7-20(13)10-12-3-5-16-6-4-12/h1-7,11,22H,8-10H2,(H,18,19,23). The van der Waals surface area contributed by atoms with Crippen molar-refractivity contribution in [2.24, 2.45) is 0 Å². The van der Waals surface area contributed by atoms with Gasteiger partial charge in [-0.05, 0) is 29.8 Å². The first-order chi connectivity index (χ1) is 11.3. The fourth-order valence-corrected chi connectivity index (χ4v) is 2.17. The Labute approximate surface area is 132 Å². The van der Waals surface area contributed by atoms with Crippen LogP contribution in [0.5, 0.6) is 0 Å². The quantitative estimate of drug-likeness (QED) is 0.700. The second-order valence-corrected chi connectivity index (χ2v) is 4.89. The smallest absolute Gasteiger partial charge is 0.274 e. The minimum Gasteiger partial charge on any atom is -0.394 e. The summed E-state index contributed by atoms with van der Waals surface area (Å²) in [5.41, 5.74) is 1.57. The molecule has 0 spiro atoms. The van der Waals surface area contributed by atoms with E-state index in [2.05, 4.69) is 20.4 Å². The van der Waals surface area contributed by atoms with Gasteiger partial charge in [-0.2, -0.15) is 0 Å². The Bertz CT molecular complexity index is 780. The summed E-state index contributed by atoms with van der Waals surface area (Å²) in [5, 5.41) is 15.6. The van der Waals surface area contributed by atoms with Crippen LogP contribution < -0.4 is 5.32 Å². The second kappa shape index (κ2) is 6.84. The number of hydrogen-bond acceptors (Lipinski definition) is 5. The zero-order valence-corrected chi connectivity index (χ0v) is 12.3. The molecule has 0 bridgehead atoms. The van der Waals surface area contributed by atoms with Crippen molar-refractivity contribution in [1.29, 1.82) is 0 Å². The minimum absolute atomic E-state index is 0.0362. The van der Waals surface area contributed by atoms with Gasteiger partial charge < -0.3 is 9.67 Å². The summed E-state index contributed by atoms with van der Waals surface area (Å²) < 4.78 is 3.31. The van der Waals surface area contributed by atoms with Gasteiger partial charge in [0.25, 0.3) is 5.91 Å². The molecule has 0 aromatic carbocycles. The number of aliphatic hydroxyl groups excluding tert-OH is 1. The number of carbonyl (C=O) groups is 1. The van der Waals surface area contributed by atoms with E-state index in [0.717, 1.165) is 5.56 Å². The maximum Gasteiger partial charge on any atom is 0.274 e. The first-order valence-corrected chi connectivity index (χ1v) is 7.12. The van der Waals surface area contributed by atoms with E-state index < -0.39 is 0 Å². The van der Waals surface area contributed by atoms with Crippen LogP contribution in [0.2, 0.25) is 0 Å². The van der Waals surface area contributed by atoms with E-state index in [4.69, 9.17) is 5.11 Å². The molecule has 0 atom stereocenters. The van der Waals surface area contributed by atoms with Gasteiger partial charge >= 0.3 is 0 Å². The predicted molar refractivity (Wildman–Crippen MR) is 82.8 cm³/mol. The summed E-state index contributed by atoms with van der Waals surface area (Å²) in [6.45, 7) is 0.872. The molecular formula is C15H16N6O2. The number of rotatable bonds is 6. The SMILES string of the molecule is O=C(Nc1ncn(CCO)n1)c1cccn1Cc1ccncc1. The van der Waals surface area contributed by atoms with Gasteiger partial charge in [-0.3, -0.25) is 15.1 Å². The number of nitrogens with one attached hydrogen (secondary N) is 1. The molecule has 0 unspecified atom stereocenters. The van der Waals surface area contributed by atoms with Crippen molar-refractivity contribution in [3.63, 3.8) is 0 Å². The molecule has 0 saturated heterocycles. The average Bonchev–Trinajstić information content (AvgIpc) is 3.18. The van der Waals surface area contributed by atoms with Gasteiger partial charge in [0.15, 0.2) is 0 Å². The van der Waals surface area contributed by atoms with Crippen molar-refractivity contribution >= 4 is 11.9 Å². The summed E-state index contributed by atoms with van der Waals surface area (Å²) in [4.78, 5) is 20.3. The molecule has 8 nitrogen and oxygen atoms in total. The molecule has 0 fully saturated rings. The molecule has 8 heteroatoms. The molecule has 0 aliphatic carbocycles. The molecule has 118 valence electrons. The molecule has 0 radical (unpaired) electrons. The number of anilines is 1. The first kappa shape index (κ1) is 14.9. The number of carbonyl (C=O) groups excluding carboxylic acids is 1. The van der Waals surface area contributed by atoms with Crippen LogP contribution in [0.3, 0.4) is 0 Å². The van der Waals surface area contributed by atoms with Gasteiger partial charge in [0.2, 0.25) is 5.95 Å². The van der Waals surface area contributed by atoms with Crippen molar-refractivity contribution in [3.8, 4) is 0 Å². The molecule has 0 saturated carbocycles. The van der Waals surface area contributed by atoms with Crippen molar-refractivity contribution in [1.82, 2.24) is 24.3 Å². The van der Waals surface area contributed by atoms with Crippen LogP contribution in [-0.4, -0.2) is 41.9 Å². The maximum absolute atomic E-state index is 12.4. The highest BCUT2D eigenvalue weighted by molar-refractivity contribution is 6.02. The highest BCUT2D eigenvalue weighted by atomic mass is 16.3. The lowest BCUT2D eigenvalue weighted by molar-refractivity contribution is 0.101. The first-order valence-electron chi connectivity index (χ1n) is 7.12. The number of aliphatic hydroxyl groups is 1. The van der Waals surface area contributed by atoms with E-state index >= 15 is 0 Å². The number of aromatic nitrogens is 5. The third-order valence-electron chi connectivity index (χ3n) is 3.26. The maximum atomic E-state index is 12.4. The molecule has 3 aromatic rings. The Morgan fingerprint density at radius 1 is 1.26 bits per heavy atom. The largest absolute Gasteiger partial charge is 0.394 e. The van der Waals surface area contributed by atoms with E-state index in [1.165, 1.54) is 11.0 Å². The fourth-order valence-electron chi connectivity index (χ4n) is 2.17. The van der Waals surface area contributed by atoms with Crippen molar-refractivity contribution < 1.29 is 9.90 Å². The lowest BCUT2D eigenvalue weighted by Gasteiger charge is -2.08. The summed E-state index contributed by atoms with van der Waals surface area (Å²) >= 11 is 0. The summed E-state index contributed by atoms with van der Waals surface area (Å²) in [7, 11) is 0. The van der Waals surface area contributed by atoms with E-state index in [1.807, 2.05) is 29.0 Å². The number of amides is 1. The average molecular weight is 312 g/mol. The Morgan fingerprint density at radius 3 is 2.87 bits per heavy atom. The second-order valence-electron chi connectivity index (χ2n) is 4.89. The molecule has 23 heavy (non-hydrogen) atoms. The highest BCUT2D eigenvalue weighted by Crippen LogP contribution is 2.09. The molecule has 3 rings (SSSR count). The summed E-state index contributed by atoms with van der Waals surface area (Å²) in [6, 6.07) is 7.36. The van der Waals surface area contributed by atoms with E-state index in [1.54, 1.807) is 18.5 Å². The van der Waals surface area contributed by atoms with Gasteiger partial charge in [0, 0.05) is 25.1 Å². The Balaban J connectivity index is 1.71. The van der Waals surface area contributed by atoms with Crippen LogP contribution in [-0.2, 0) is 13.1 Å². The van der Waals surface area contributed by atoms with Crippen molar-refractivity contribution in [3.05, 3.63) is 60.4 Å². The van der Waals surface area contributed by atoms with Gasteiger partial charge in [-0.25, -0.2) is 9.67 Å². The van der Waals surface area contributed by atoms with E-state index in [9.17, 15) is 4.79 Å². The lowest BCUT2D eigenvalue weighted by atomic mass is 10.2. The van der Waals surface area contributed by atoms with E-state index in [-0.39, 0.29) is 18.5 Å². The third-order valence-corrected chi connectivity index (χ3v) is 3.26.